The highest BCUT2D eigenvalue weighted by Crippen LogP contribution is 2.10. The van der Waals surface area contributed by atoms with Crippen molar-refractivity contribution >= 4 is 11.7 Å². The summed E-state index contributed by atoms with van der Waals surface area (Å²) in [6, 6.07) is 9.17. The number of ketones is 1. The molecule has 0 radical (unpaired) electrons. The van der Waals surface area contributed by atoms with Gasteiger partial charge in [0.2, 0.25) is 5.91 Å². The van der Waals surface area contributed by atoms with E-state index in [2.05, 4.69) is 0 Å². The van der Waals surface area contributed by atoms with Gasteiger partial charge in [0, 0.05) is 17.6 Å². The lowest BCUT2D eigenvalue weighted by atomic mass is 10.1. The summed E-state index contributed by atoms with van der Waals surface area (Å²) in [5, 5.41) is 0. The molecule has 0 unspecified atom stereocenters. The molecule has 3 heteroatoms. The topological polar surface area (TPSA) is 37.4 Å². The van der Waals surface area contributed by atoms with Gasteiger partial charge in [-0.1, -0.05) is 30.3 Å². The second-order valence-corrected chi connectivity index (χ2v) is 4.95. The number of benzene rings is 1. The van der Waals surface area contributed by atoms with Crippen LogP contribution in [0.2, 0.25) is 0 Å². The molecule has 18 heavy (non-hydrogen) atoms. The van der Waals surface area contributed by atoms with E-state index in [1.54, 1.807) is 29.2 Å². The van der Waals surface area contributed by atoms with Crippen molar-refractivity contribution in [2.45, 2.75) is 46.2 Å². The van der Waals surface area contributed by atoms with E-state index >= 15 is 0 Å². The number of hydrogen-bond donors (Lipinski definition) is 0. The first-order chi connectivity index (χ1) is 8.43. The molecule has 0 fully saturated rings. The van der Waals surface area contributed by atoms with E-state index < -0.39 is 0 Å². The molecular weight excluding hydrogens is 226 g/mol. The molecule has 0 N–H and O–H groups in total. The molecule has 0 saturated heterocycles. The van der Waals surface area contributed by atoms with Gasteiger partial charge in [0.15, 0.2) is 5.78 Å². The van der Waals surface area contributed by atoms with Gasteiger partial charge in [-0.15, -0.1) is 0 Å². The summed E-state index contributed by atoms with van der Waals surface area (Å²) in [6.07, 6.45) is -0.0552. The summed E-state index contributed by atoms with van der Waals surface area (Å²) in [5.74, 6) is -0.222. The summed E-state index contributed by atoms with van der Waals surface area (Å²) in [6.45, 7) is 7.85. The predicted octanol–water partition coefficient (Wildman–Crippen LogP) is 2.90. The molecule has 98 valence electrons. The molecule has 0 bridgehead atoms. The molecule has 0 aliphatic rings. The van der Waals surface area contributed by atoms with Gasteiger partial charge in [0.05, 0.1) is 6.42 Å². The average Bonchev–Trinajstić information content (AvgIpc) is 2.28. The Morgan fingerprint density at radius 2 is 1.50 bits per heavy atom. The molecule has 0 aromatic heterocycles. The van der Waals surface area contributed by atoms with Crippen LogP contribution in [0.1, 0.15) is 44.5 Å². The van der Waals surface area contributed by atoms with E-state index in [9.17, 15) is 9.59 Å². The van der Waals surface area contributed by atoms with E-state index in [1.165, 1.54) is 0 Å². The Bertz CT molecular complexity index is 402. The van der Waals surface area contributed by atoms with Gasteiger partial charge >= 0.3 is 0 Å². The maximum absolute atomic E-state index is 12.1. The lowest BCUT2D eigenvalue weighted by Crippen LogP contribution is -2.42. The zero-order valence-corrected chi connectivity index (χ0v) is 11.5. The smallest absolute Gasteiger partial charge is 0.230 e. The van der Waals surface area contributed by atoms with Crippen molar-refractivity contribution in [3.8, 4) is 0 Å². The third-order valence-electron chi connectivity index (χ3n) is 2.81. The van der Waals surface area contributed by atoms with Crippen LogP contribution in [0.3, 0.4) is 0 Å². The van der Waals surface area contributed by atoms with Gasteiger partial charge in [-0.25, -0.2) is 0 Å². The first kappa shape index (κ1) is 14.4. The number of amides is 1. The predicted molar refractivity (Wildman–Crippen MR) is 72.5 cm³/mol. The Morgan fingerprint density at radius 3 is 1.94 bits per heavy atom. The Balaban J connectivity index is 2.73. The van der Waals surface area contributed by atoms with Gasteiger partial charge in [0.1, 0.15) is 0 Å². The highest BCUT2D eigenvalue weighted by Gasteiger charge is 2.22. The standard InChI is InChI=1S/C15H21NO2/c1-11(2)16(12(3)4)15(18)10-14(17)13-8-6-5-7-9-13/h5-9,11-12H,10H2,1-4H3. The Kier molecular flexibility index (Phi) is 5.08. The van der Waals surface area contributed by atoms with E-state index in [1.807, 2.05) is 33.8 Å². The number of nitrogens with zero attached hydrogens (tertiary/aromatic N) is 1. The third-order valence-corrected chi connectivity index (χ3v) is 2.81. The van der Waals surface area contributed by atoms with E-state index in [0.29, 0.717) is 5.56 Å². The molecule has 0 atom stereocenters. The molecule has 0 spiro atoms. The molecule has 0 aliphatic heterocycles. The number of carbonyl (C=O) groups excluding carboxylic acids is 2. The minimum atomic E-state index is -0.119. The van der Waals surface area contributed by atoms with E-state index in [0.717, 1.165) is 0 Å². The molecule has 1 amide bonds. The number of hydrogen-bond acceptors (Lipinski definition) is 2. The fourth-order valence-electron chi connectivity index (χ4n) is 2.13. The van der Waals surface area contributed by atoms with Gasteiger partial charge in [0.25, 0.3) is 0 Å². The van der Waals surface area contributed by atoms with Crippen LogP contribution in [0, 0.1) is 0 Å². The minimum absolute atomic E-state index is 0.0552. The number of Topliss-reactive ketones (excluding diaryl/α,β-unsaturated/α-hetero) is 1. The Labute approximate surface area is 109 Å². The summed E-state index contributed by atoms with van der Waals surface area (Å²) in [7, 11) is 0. The molecule has 0 heterocycles. The lowest BCUT2D eigenvalue weighted by molar-refractivity contribution is -0.133. The maximum Gasteiger partial charge on any atom is 0.230 e. The van der Waals surface area contributed by atoms with E-state index in [-0.39, 0.29) is 30.2 Å². The van der Waals surface area contributed by atoms with Crippen molar-refractivity contribution in [3.63, 3.8) is 0 Å². The molecule has 1 aromatic carbocycles. The minimum Gasteiger partial charge on any atom is -0.337 e. The van der Waals surface area contributed by atoms with Crippen molar-refractivity contribution < 1.29 is 9.59 Å². The van der Waals surface area contributed by atoms with E-state index in [4.69, 9.17) is 0 Å². The largest absolute Gasteiger partial charge is 0.337 e. The molecule has 1 aromatic rings. The van der Waals surface area contributed by atoms with Gasteiger partial charge < -0.3 is 4.90 Å². The van der Waals surface area contributed by atoms with Gasteiger partial charge in [-0.3, -0.25) is 9.59 Å². The van der Waals surface area contributed by atoms with Crippen LogP contribution < -0.4 is 0 Å². The molecule has 1 rings (SSSR count). The third kappa shape index (κ3) is 3.69. The second-order valence-electron chi connectivity index (χ2n) is 4.95. The molecular formula is C15H21NO2. The van der Waals surface area contributed by atoms with Gasteiger partial charge in [-0.2, -0.15) is 0 Å². The van der Waals surface area contributed by atoms with Crippen LogP contribution in [0.5, 0.6) is 0 Å². The zero-order chi connectivity index (χ0) is 13.7. The fourth-order valence-corrected chi connectivity index (χ4v) is 2.13. The second kappa shape index (κ2) is 6.34. The van der Waals surface area contributed by atoms with Crippen molar-refractivity contribution in [3.05, 3.63) is 35.9 Å². The van der Waals surface area contributed by atoms with Crippen molar-refractivity contribution in [2.75, 3.05) is 0 Å². The normalized spacial score (nSPS) is 10.8. The summed E-state index contributed by atoms with van der Waals surface area (Å²) < 4.78 is 0. The average molecular weight is 247 g/mol. The number of rotatable bonds is 5. The van der Waals surface area contributed by atoms with Gasteiger partial charge in [-0.05, 0) is 27.7 Å². The highest BCUT2D eigenvalue weighted by molar-refractivity contribution is 6.07. The van der Waals surface area contributed by atoms with Crippen LogP contribution in [0.25, 0.3) is 0 Å². The highest BCUT2D eigenvalue weighted by atomic mass is 16.2. The van der Waals surface area contributed by atoms with Crippen molar-refractivity contribution in [2.24, 2.45) is 0 Å². The lowest BCUT2D eigenvalue weighted by Gasteiger charge is -2.30. The summed E-state index contributed by atoms with van der Waals surface area (Å²) in [5.41, 5.74) is 0.596. The first-order valence-corrected chi connectivity index (χ1v) is 6.33. The number of carbonyl (C=O) groups is 2. The summed E-state index contributed by atoms with van der Waals surface area (Å²) in [4.78, 5) is 25.8. The van der Waals surface area contributed by atoms with Crippen LogP contribution in [0.4, 0.5) is 0 Å². The van der Waals surface area contributed by atoms with Crippen molar-refractivity contribution in [1.29, 1.82) is 0 Å². The van der Waals surface area contributed by atoms with Crippen LogP contribution in [-0.2, 0) is 4.79 Å². The Morgan fingerprint density at radius 1 is 1.00 bits per heavy atom. The van der Waals surface area contributed by atoms with Crippen LogP contribution >= 0.6 is 0 Å². The molecule has 0 saturated carbocycles. The summed E-state index contributed by atoms with van der Waals surface area (Å²) >= 11 is 0. The van der Waals surface area contributed by atoms with Crippen molar-refractivity contribution in [1.82, 2.24) is 4.90 Å². The van der Waals surface area contributed by atoms with Crippen LogP contribution in [0.15, 0.2) is 30.3 Å². The fraction of sp³-hybridized carbons (Fsp3) is 0.467. The maximum atomic E-state index is 12.1. The SMILES string of the molecule is CC(C)N(C(=O)CC(=O)c1ccccc1)C(C)C. The first-order valence-electron chi connectivity index (χ1n) is 6.33. The Hall–Kier alpha value is -1.64. The monoisotopic (exact) mass is 247 g/mol. The van der Waals surface area contributed by atoms with Crippen LogP contribution in [-0.4, -0.2) is 28.7 Å². The zero-order valence-electron chi connectivity index (χ0n) is 11.5. The molecule has 0 aliphatic carbocycles. The quantitative estimate of drug-likeness (QED) is 0.592. The molecule has 3 nitrogen and oxygen atoms in total.